The summed E-state index contributed by atoms with van der Waals surface area (Å²) in [5.41, 5.74) is 2.59. The summed E-state index contributed by atoms with van der Waals surface area (Å²) in [5, 5.41) is 3.49. The summed E-state index contributed by atoms with van der Waals surface area (Å²) < 4.78 is 5.44. The molecule has 1 aliphatic heterocycles. The third-order valence-corrected chi connectivity index (χ3v) is 4.36. The highest BCUT2D eigenvalue weighted by molar-refractivity contribution is 5.36. The van der Waals surface area contributed by atoms with Gasteiger partial charge in [-0.15, -0.1) is 0 Å². The monoisotopic (exact) mass is 260 g/mol. The van der Waals surface area contributed by atoms with Crippen molar-refractivity contribution < 1.29 is 4.74 Å². The van der Waals surface area contributed by atoms with Crippen molar-refractivity contribution in [1.82, 2.24) is 10.2 Å². The Morgan fingerprint density at radius 3 is 2.74 bits per heavy atom. The topological polar surface area (TPSA) is 24.5 Å². The number of aryl methyl sites for hydroxylation is 1. The van der Waals surface area contributed by atoms with E-state index in [1.54, 1.807) is 7.11 Å². The summed E-state index contributed by atoms with van der Waals surface area (Å²) in [5.74, 6) is 1.01. The minimum atomic E-state index is 0.722. The zero-order valence-corrected chi connectivity index (χ0v) is 12.0. The predicted molar refractivity (Wildman–Crippen MR) is 77.6 cm³/mol. The molecule has 0 amide bonds. The average molecular weight is 260 g/mol. The second-order valence-electron chi connectivity index (χ2n) is 5.85. The standard InChI is InChI=1S/C16H24N2O/c1-12-3-4-13(9-16(12)19-2)11-18(14-5-6-14)15-7-8-17-10-15/h3-4,9,14-15,17H,5-8,10-11H2,1-2H3. The van der Waals surface area contributed by atoms with Gasteiger partial charge in [0, 0.05) is 25.2 Å². The number of nitrogens with zero attached hydrogens (tertiary/aromatic N) is 1. The van der Waals surface area contributed by atoms with Crippen LogP contribution in [-0.2, 0) is 6.54 Å². The molecule has 0 bridgehead atoms. The molecule has 1 aromatic rings. The minimum Gasteiger partial charge on any atom is -0.496 e. The van der Waals surface area contributed by atoms with Gasteiger partial charge in [-0.2, -0.15) is 0 Å². The molecular weight excluding hydrogens is 236 g/mol. The van der Waals surface area contributed by atoms with Crippen molar-refractivity contribution in [3.63, 3.8) is 0 Å². The van der Waals surface area contributed by atoms with Gasteiger partial charge in [-0.25, -0.2) is 0 Å². The molecule has 2 aliphatic rings. The fraction of sp³-hybridized carbons (Fsp3) is 0.625. The van der Waals surface area contributed by atoms with Gasteiger partial charge in [-0.05, 0) is 49.9 Å². The summed E-state index contributed by atoms with van der Waals surface area (Å²) in [7, 11) is 1.76. The fourth-order valence-corrected chi connectivity index (χ4v) is 3.06. The molecule has 3 heteroatoms. The van der Waals surface area contributed by atoms with E-state index in [0.29, 0.717) is 0 Å². The maximum absolute atomic E-state index is 5.44. The van der Waals surface area contributed by atoms with Crippen LogP contribution in [0.2, 0.25) is 0 Å². The summed E-state index contributed by atoms with van der Waals surface area (Å²) in [6.45, 7) is 5.49. The Morgan fingerprint density at radius 2 is 2.11 bits per heavy atom. The lowest BCUT2D eigenvalue weighted by Crippen LogP contribution is -2.38. The number of hydrogen-bond donors (Lipinski definition) is 1. The van der Waals surface area contributed by atoms with Crippen molar-refractivity contribution in [3.8, 4) is 5.75 Å². The number of methoxy groups -OCH3 is 1. The Hall–Kier alpha value is -1.06. The van der Waals surface area contributed by atoms with Crippen LogP contribution in [0, 0.1) is 6.92 Å². The number of nitrogens with one attached hydrogen (secondary N) is 1. The van der Waals surface area contributed by atoms with Crippen LogP contribution >= 0.6 is 0 Å². The van der Waals surface area contributed by atoms with Crippen molar-refractivity contribution in [2.45, 2.75) is 44.8 Å². The normalized spacial score (nSPS) is 23.0. The lowest BCUT2D eigenvalue weighted by atomic mass is 10.1. The number of benzene rings is 1. The molecule has 1 saturated heterocycles. The summed E-state index contributed by atoms with van der Waals surface area (Å²) >= 11 is 0. The number of ether oxygens (including phenoxy) is 1. The first-order chi connectivity index (χ1) is 9.28. The van der Waals surface area contributed by atoms with Gasteiger partial charge < -0.3 is 10.1 Å². The highest BCUT2D eigenvalue weighted by Gasteiger charge is 2.35. The van der Waals surface area contributed by atoms with Crippen LogP contribution in [0.5, 0.6) is 5.75 Å². The third kappa shape index (κ3) is 2.93. The molecule has 0 radical (unpaired) electrons. The van der Waals surface area contributed by atoms with Gasteiger partial charge in [0.2, 0.25) is 0 Å². The zero-order chi connectivity index (χ0) is 13.2. The first kappa shape index (κ1) is 12.9. The Bertz CT molecular complexity index is 436. The maximum Gasteiger partial charge on any atom is 0.122 e. The van der Waals surface area contributed by atoms with E-state index in [1.165, 1.54) is 36.9 Å². The van der Waals surface area contributed by atoms with Crippen LogP contribution in [0.25, 0.3) is 0 Å². The summed E-state index contributed by atoms with van der Waals surface area (Å²) in [4.78, 5) is 2.70. The quantitative estimate of drug-likeness (QED) is 0.879. The molecule has 1 aliphatic carbocycles. The maximum atomic E-state index is 5.44. The molecule has 19 heavy (non-hydrogen) atoms. The Labute approximate surface area is 115 Å². The van der Waals surface area contributed by atoms with E-state index in [-0.39, 0.29) is 0 Å². The van der Waals surface area contributed by atoms with Crippen molar-refractivity contribution >= 4 is 0 Å². The van der Waals surface area contributed by atoms with Gasteiger partial charge in [-0.3, -0.25) is 4.90 Å². The van der Waals surface area contributed by atoms with E-state index in [2.05, 4.69) is 35.3 Å². The largest absolute Gasteiger partial charge is 0.496 e. The second-order valence-corrected chi connectivity index (χ2v) is 5.85. The molecule has 2 fully saturated rings. The van der Waals surface area contributed by atoms with Gasteiger partial charge in [-0.1, -0.05) is 12.1 Å². The smallest absolute Gasteiger partial charge is 0.122 e. The summed E-state index contributed by atoms with van der Waals surface area (Å²) in [6.07, 6.45) is 4.04. The highest BCUT2D eigenvalue weighted by Crippen LogP contribution is 2.32. The first-order valence-electron chi connectivity index (χ1n) is 7.38. The molecule has 3 rings (SSSR count). The van der Waals surface area contributed by atoms with E-state index in [1.807, 2.05) is 0 Å². The predicted octanol–water partition coefficient (Wildman–Crippen LogP) is 2.33. The molecular formula is C16H24N2O. The molecule has 3 nitrogen and oxygen atoms in total. The third-order valence-electron chi connectivity index (χ3n) is 4.36. The van der Waals surface area contributed by atoms with Crippen molar-refractivity contribution in [1.29, 1.82) is 0 Å². The van der Waals surface area contributed by atoms with Crippen molar-refractivity contribution in [2.75, 3.05) is 20.2 Å². The average Bonchev–Trinajstić information content (AvgIpc) is 3.12. The lowest BCUT2D eigenvalue weighted by Gasteiger charge is -2.28. The number of rotatable bonds is 5. The minimum absolute atomic E-state index is 0.722. The van der Waals surface area contributed by atoms with Crippen molar-refractivity contribution in [2.24, 2.45) is 0 Å². The van der Waals surface area contributed by atoms with Gasteiger partial charge in [0.15, 0.2) is 0 Å². The lowest BCUT2D eigenvalue weighted by molar-refractivity contribution is 0.188. The zero-order valence-electron chi connectivity index (χ0n) is 12.0. The molecule has 1 unspecified atom stereocenters. The van der Waals surface area contributed by atoms with Crippen LogP contribution in [-0.4, -0.2) is 37.2 Å². The van der Waals surface area contributed by atoms with Crippen molar-refractivity contribution in [3.05, 3.63) is 29.3 Å². The van der Waals surface area contributed by atoms with Gasteiger partial charge in [0.05, 0.1) is 7.11 Å². The Kier molecular flexibility index (Phi) is 3.76. The first-order valence-corrected chi connectivity index (χ1v) is 7.38. The Balaban J connectivity index is 1.74. The molecule has 1 aromatic carbocycles. The van der Waals surface area contributed by atoms with Gasteiger partial charge in [0.1, 0.15) is 5.75 Å². The molecule has 1 atom stereocenters. The molecule has 1 saturated carbocycles. The number of hydrogen-bond acceptors (Lipinski definition) is 3. The SMILES string of the molecule is COc1cc(CN(C2CC2)C2CCNC2)ccc1C. The fourth-order valence-electron chi connectivity index (χ4n) is 3.06. The molecule has 1 N–H and O–H groups in total. The van der Waals surface area contributed by atoms with E-state index < -0.39 is 0 Å². The van der Waals surface area contributed by atoms with Crippen LogP contribution in [0.15, 0.2) is 18.2 Å². The van der Waals surface area contributed by atoms with Gasteiger partial charge in [0.25, 0.3) is 0 Å². The molecule has 1 heterocycles. The highest BCUT2D eigenvalue weighted by atomic mass is 16.5. The van der Waals surface area contributed by atoms with Crippen LogP contribution in [0.1, 0.15) is 30.4 Å². The van der Waals surface area contributed by atoms with Crippen LogP contribution in [0.4, 0.5) is 0 Å². The van der Waals surface area contributed by atoms with Crippen LogP contribution < -0.4 is 10.1 Å². The van der Waals surface area contributed by atoms with E-state index >= 15 is 0 Å². The Morgan fingerprint density at radius 1 is 1.26 bits per heavy atom. The molecule has 0 aromatic heterocycles. The van der Waals surface area contributed by atoms with Crippen LogP contribution in [0.3, 0.4) is 0 Å². The molecule has 0 spiro atoms. The summed E-state index contributed by atoms with van der Waals surface area (Å²) in [6, 6.07) is 8.16. The van der Waals surface area contributed by atoms with Gasteiger partial charge >= 0.3 is 0 Å². The van der Waals surface area contributed by atoms with E-state index in [9.17, 15) is 0 Å². The second kappa shape index (κ2) is 5.51. The van der Waals surface area contributed by atoms with E-state index in [4.69, 9.17) is 4.74 Å². The molecule has 104 valence electrons. The van der Waals surface area contributed by atoms with E-state index in [0.717, 1.165) is 30.9 Å².